The fourth-order valence-electron chi connectivity index (χ4n) is 1.22. The number of hydrogen-bond acceptors (Lipinski definition) is 3. The number of carbonyl (C=O) groups is 1. The summed E-state index contributed by atoms with van der Waals surface area (Å²) in [5, 5.41) is 0. The topological polar surface area (TPSA) is 42.4 Å². The summed E-state index contributed by atoms with van der Waals surface area (Å²) in [6.45, 7) is 0. The van der Waals surface area contributed by atoms with Crippen molar-refractivity contribution in [3.8, 4) is 5.75 Å². The van der Waals surface area contributed by atoms with Crippen LogP contribution in [-0.2, 0) is 0 Å². The van der Waals surface area contributed by atoms with Crippen molar-refractivity contribution in [3.05, 3.63) is 22.4 Å². The lowest BCUT2D eigenvalue weighted by atomic mass is 10.3. The molecule has 0 spiro atoms. The summed E-state index contributed by atoms with van der Waals surface area (Å²) in [4.78, 5) is 17.3. The van der Waals surface area contributed by atoms with Crippen molar-refractivity contribution < 1.29 is 9.53 Å². The van der Waals surface area contributed by atoms with E-state index < -0.39 is 0 Å². The highest BCUT2D eigenvalue weighted by Crippen LogP contribution is 2.32. The van der Waals surface area contributed by atoms with Crippen molar-refractivity contribution in [1.29, 1.82) is 0 Å². The minimum atomic E-state index is -0.117. The summed E-state index contributed by atoms with van der Waals surface area (Å²) in [6.07, 6.45) is 4.09. The molecule has 86 valence electrons. The zero-order valence-corrected chi connectivity index (χ0v) is 10.8. The van der Waals surface area contributed by atoms with Crippen LogP contribution >= 0.6 is 15.9 Å². The molecular formula is C11H13BrN2O2. The van der Waals surface area contributed by atoms with Gasteiger partial charge in [-0.1, -0.05) is 0 Å². The molecule has 1 aliphatic carbocycles. The molecule has 0 unspecified atom stereocenters. The number of amides is 1. The van der Waals surface area contributed by atoms with Crippen LogP contribution in [0.1, 0.15) is 23.3 Å². The van der Waals surface area contributed by atoms with Gasteiger partial charge in [-0.3, -0.25) is 4.79 Å². The van der Waals surface area contributed by atoms with Crippen molar-refractivity contribution in [1.82, 2.24) is 9.88 Å². The van der Waals surface area contributed by atoms with Crippen LogP contribution in [0.2, 0.25) is 0 Å². The van der Waals surface area contributed by atoms with E-state index in [2.05, 4.69) is 20.9 Å². The van der Waals surface area contributed by atoms with Crippen LogP contribution in [0.15, 0.2) is 16.7 Å². The monoisotopic (exact) mass is 284 g/mol. The third-order valence-electron chi connectivity index (χ3n) is 2.26. The summed E-state index contributed by atoms with van der Waals surface area (Å²) in [5.41, 5.74) is 0.406. The minimum absolute atomic E-state index is 0.117. The van der Waals surface area contributed by atoms with E-state index in [0.29, 0.717) is 17.5 Å². The largest absolute Gasteiger partial charge is 0.489 e. The second-order valence-corrected chi connectivity index (χ2v) is 4.87. The highest BCUT2D eigenvalue weighted by molar-refractivity contribution is 9.10. The van der Waals surface area contributed by atoms with Gasteiger partial charge in [-0.2, -0.15) is 0 Å². The predicted octanol–water partition coefficient (Wildman–Crippen LogP) is 2.09. The lowest BCUT2D eigenvalue weighted by Gasteiger charge is -2.11. The number of hydrogen-bond donors (Lipinski definition) is 0. The van der Waals surface area contributed by atoms with Crippen LogP contribution in [0.25, 0.3) is 0 Å². The number of aromatic nitrogens is 1. The van der Waals surface area contributed by atoms with Crippen molar-refractivity contribution in [2.75, 3.05) is 14.1 Å². The van der Waals surface area contributed by atoms with Crippen LogP contribution < -0.4 is 4.74 Å². The fourth-order valence-corrected chi connectivity index (χ4v) is 1.53. The van der Waals surface area contributed by atoms with Gasteiger partial charge in [-0.05, 0) is 28.8 Å². The molecule has 0 atom stereocenters. The Labute approximate surface area is 103 Å². The maximum Gasteiger partial charge on any atom is 0.272 e. The third kappa shape index (κ3) is 2.52. The Morgan fingerprint density at radius 3 is 2.81 bits per heavy atom. The van der Waals surface area contributed by atoms with Crippen LogP contribution in [0.3, 0.4) is 0 Å². The van der Waals surface area contributed by atoms with Crippen molar-refractivity contribution in [2.45, 2.75) is 18.9 Å². The van der Waals surface area contributed by atoms with Gasteiger partial charge in [0.15, 0.2) is 0 Å². The first-order chi connectivity index (χ1) is 7.58. The van der Waals surface area contributed by atoms with E-state index in [4.69, 9.17) is 4.74 Å². The summed E-state index contributed by atoms with van der Waals surface area (Å²) >= 11 is 3.36. The smallest absolute Gasteiger partial charge is 0.272 e. The van der Waals surface area contributed by atoms with Crippen LogP contribution in [0, 0.1) is 0 Å². The van der Waals surface area contributed by atoms with Gasteiger partial charge >= 0.3 is 0 Å². The first-order valence-electron chi connectivity index (χ1n) is 5.12. The second kappa shape index (κ2) is 4.41. The van der Waals surface area contributed by atoms with E-state index in [1.807, 2.05) is 0 Å². The highest BCUT2D eigenvalue weighted by Gasteiger charge is 2.25. The van der Waals surface area contributed by atoms with Gasteiger partial charge in [0.1, 0.15) is 11.4 Å². The van der Waals surface area contributed by atoms with E-state index in [0.717, 1.165) is 17.3 Å². The Bertz CT molecular complexity index is 416. The molecule has 5 heteroatoms. The van der Waals surface area contributed by atoms with E-state index in [1.165, 1.54) is 4.90 Å². The highest BCUT2D eigenvalue weighted by atomic mass is 79.9. The molecule has 4 nitrogen and oxygen atoms in total. The molecule has 1 aromatic rings. The lowest BCUT2D eigenvalue weighted by Crippen LogP contribution is -2.22. The van der Waals surface area contributed by atoms with Crippen molar-refractivity contribution >= 4 is 21.8 Å². The molecule has 0 bridgehead atoms. The van der Waals surface area contributed by atoms with Gasteiger partial charge in [0.25, 0.3) is 5.91 Å². The molecule has 0 aliphatic heterocycles. The van der Waals surface area contributed by atoms with Gasteiger partial charge in [-0.15, -0.1) is 0 Å². The Hall–Kier alpha value is -1.10. The Balaban J connectivity index is 2.23. The average Bonchev–Trinajstić information content (AvgIpc) is 3.04. The molecule has 1 fully saturated rings. The molecule has 1 heterocycles. The number of halogens is 1. The van der Waals surface area contributed by atoms with Gasteiger partial charge in [-0.25, -0.2) is 4.98 Å². The molecule has 2 rings (SSSR count). The van der Waals surface area contributed by atoms with E-state index >= 15 is 0 Å². The SMILES string of the molecule is CN(C)C(=O)c1cc(OC2CC2)c(Br)cn1. The molecular weight excluding hydrogens is 272 g/mol. The van der Waals surface area contributed by atoms with Gasteiger partial charge in [0, 0.05) is 26.4 Å². The summed E-state index contributed by atoms with van der Waals surface area (Å²) < 4.78 is 6.46. The molecule has 1 amide bonds. The van der Waals surface area contributed by atoms with E-state index in [-0.39, 0.29) is 5.91 Å². The molecule has 1 aliphatic rings. The first-order valence-corrected chi connectivity index (χ1v) is 5.91. The summed E-state index contributed by atoms with van der Waals surface area (Å²) in [7, 11) is 3.40. The molecule has 0 saturated heterocycles. The Morgan fingerprint density at radius 2 is 2.25 bits per heavy atom. The molecule has 1 aromatic heterocycles. The number of nitrogens with zero attached hydrogens (tertiary/aromatic N) is 2. The maximum atomic E-state index is 11.7. The van der Waals surface area contributed by atoms with E-state index in [1.54, 1.807) is 26.4 Å². The maximum absolute atomic E-state index is 11.7. The van der Waals surface area contributed by atoms with Gasteiger partial charge in [0.2, 0.25) is 0 Å². The molecule has 0 N–H and O–H groups in total. The Morgan fingerprint density at radius 1 is 1.56 bits per heavy atom. The van der Waals surface area contributed by atoms with Crippen molar-refractivity contribution in [2.24, 2.45) is 0 Å². The number of carbonyl (C=O) groups excluding carboxylic acids is 1. The normalized spacial score (nSPS) is 14.7. The van der Waals surface area contributed by atoms with E-state index in [9.17, 15) is 4.79 Å². The molecule has 16 heavy (non-hydrogen) atoms. The summed E-state index contributed by atoms with van der Waals surface area (Å²) in [6, 6.07) is 1.69. The zero-order chi connectivity index (χ0) is 11.7. The quantitative estimate of drug-likeness (QED) is 0.854. The number of ether oxygens (including phenoxy) is 1. The van der Waals surface area contributed by atoms with Crippen LogP contribution in [0.4, 0.5) is 0 Å². The van der Waals surface area contributed by atoms with Crippen LogP contribution in [-0.4, -0.2) is 36.0 Å². The fraction of sp³-hybridized carbons (Fsp3) is 0.455. The zero-order valence-electron chi connectivity index (χ0n) is 9.24. The van der Waals surface area contributed by atoms with Crippen molar-refractivity contribution in [3.63, 3.8) is 0 Å². The van der Waals surface area contributed by atoms with Crippen LogP contribution in [0.5, 0.6) is 5.75 Å². The molecule has 0 radical (unpaired) electrons. The van der Waals surface area contributed by atoms with Gasteiger partial charge < -0.3 is 9.64 Å². The molecule has 1 saturated carbocycles. The lowest BCUT2D eigenvalue weighted by molar-refractivity contribution is 0.0821. The third-order valence-corrected chi connectivity index (χ3v) is 2.86. The minimum Gasteiger partial charge on any atom is -0.489 e. The first kappa shape index (κ1) is 11.4. The second-order valence-electron chi connectivity index (χ2n) is 4.02. The molecule has 0 aromatic carbocycles. The summed E-state index contributed by atoms with van der Waals surface area (Å²) in [5.74, 6) is 0.579. The van der Waals surface area contributed by atoms with Gasteiger partial charge in [0.05, 0.1) is 10.6 Å². The predicted molar refractivity (Wildman–Crippen MR) is 63.6 cm³/mol. The standard InChI is InChI=1S/C11H13BrN2O2/c1-14(2)11(15)9-5-10(8(12)6-13-9)16-7-3-4-7/h5-7H,3-4H2,1-2H3. The number of pyridine rings is 1. The number of rotatable bonds is 3. The Kier molecular flexibility index (Phi) is 3.14. The average molecular weight is 285 g/mol.